The highest BCUT2D eigenvalue weighted by Gasteiger charge is 2.19. The highest BCUT2D eigenvalue weighted by atomic mass is 32.1. The monoisotopic (exact) mass is 557 g/mol. The summed E-state index contributed by atoms with van der Waals surface area (Å²) in [5, 5.41) is 4.52. The number of benzene rings is 6. The zero-order valence-corrected chi connectivity index (χ0v) is 23.3. The van der Waals surface area contributed by atoms with E-state index in [1.165, 1.54) is 31.3 Å². The molecule has 0 saturated heterocycles. The molecule has 9 aromatic rings. The van der Waals surface area contributed by atoms with E-state index >= 15 is 0 Å². The number of fused-ring (bicyclic) bond motifs is 8. The summed E-state index contributed by atoms with van der Waals surface area (Å²) in [6.07, 6.45) is 0. The Labute approximate surface area is 245 Å². The first kappa shape index (κ1) is 23.4. The van der Waals surface area contributed by atoms with Crippen molar-refractivity contribution in [1.82, 2.24) is 0 Å². The van der Waals surface area contributed by atoms with Crippen LogP contribution in [0.1, 0.15) is 0 Å². The molecule has 4 heteroatoms. The van der Waals surface area contributed by atoms with Gasteiger partial charge in [-0.05, 0) is 71.8 Å². The van der Waals surface area contributed by atoms with E-state index in [0.29, 0.717) is 0 Å². The smallest absolute Gasteiger partial charge is 0.181 e. The molecule has 0 radical (unpaired) electrons. The van der Waals surface area contributed by atoms with Gasteiger partial charge in [0.1, 0.15) is 11.2 Å². The zero-order chi connectivity index (χ0) is 27.6. The van der Waals surface area contributed by atoms with Crippen LogP contribution in [0.5, 0.6) is 0 Å². The number of nitrogens with zero attached hydrogens (tertiary/aromatic N) is 1. The molecular weight excluding hydrogens is 534 g/mol. The van der Waals surface area contributed by atoms with Crippen LogP contribution >= 0.6 is 11.3 Å². The van der Waals surface area contributed by atoms with Crippen molar-refractivity contribution in [1.29, 1.82) is 0 Å². The van der Waals surface area contributed by atoms with Crippen LogP contribution in [0.2, 0.25) is 0 Å². The standard InChI is InChI=1S/C38H23NO2S/c1-2-8-24(9-3-1)25-14-16-26(17-15-25)39(27-19-21-36-32(22-27)29-10-5-7-13-35(29)42-36)28-18-20-31-34(23-28)41-37-30-11-4-6-12-33(30)40-38(31)37/h1-23H. The maximum Gasteiger partial charge on any atom is 0.181 e. The summed E-state index contributed by atoms with van der Waals surface area (Å²) >= 11 is 1.84. The Morgan fingerprint density at radius 3 is 1.86 bits per heavy atom. The minimum atomic E-state index is 0.794. The number of para-hydroxylation sites is 1. The minimum Gasteiger partial charge on any atom is -0.452 e. The van der Waals surface area contributed by atoms with E-state index in [1.807, 2.05) is 41.7 Å². The molecule has 3 aromatic heterocycles. The van der Waals surface area contributed by atoms with Crippen LogP contribution in [0.4, 0.5) is 17.1 Å². The lowest BCUT2D eigenvalue weighted by molar-refractivity contribution is 0.653. The maximum atomic E-state index is 6.44. The van der Waals surface area contributed by atoms with Crippen LogP contribution in [0.3, 0.4) is 0 Å². The summed E-state index contributed by atoms with van der Waals surface area (Å²) in [7, 11) is 0. The first-order chi connectivity index (χ1) is 20.8. The van der Waals surface area contributed by atoms with E-state index in [0.717, 1.165) is 50.2 Å². The first-order valence-electron chi connectivity index (χ1n) is 14.0. The Bertz CT molecular complexity index is 2410. The molecule has 0 N–H and O–H groups in total. The Morgan fingerprint density at radius 1 is 0.405 bits per heavy atom. The Balaban J connectivity index is 1.23. The van der Waals surface area contributed by atoms with Gasteiger partial charge in [0.2, 0.25) is 0 Å². The Morgan fingerprint density at radius 2 is 1.00 bits per heavy atom. The highest BCUT2D eigenvalue weighted by Crippen LogP contribution is 2.43. The lowest BCUT2D eigenvalue weighted by Crippen LogP contribution is -2.09. The third-order valence-electron chi connectivity index (χ3n) is 8.08. The molecule has 0 aliphatic carbocycles. The minimum absolute atomic E-state index is 0.794. The second-order valence-corrected chi connectivity index (χ2v) is 11.6. The Kier molecular flexibility index (Phi) is 5.07. The van der Waals surface area contributed by atoms with Crippen molar-refractivity contribution in [3.63, 3.8) is 0 Å². The molecule has 0 saturated carbocycles. The summed E-state index contributed by atoms with van der Waals surface area (Å²) in [6, 6.07) is 49.1. The second-order valence-electron chi connectivity index (χ2n) is 10.6. The molecule has 0 unspecified atom stereocenters. The maximum absolute atomic E-state index is 6.44. The van der Waals surface area contributed by atoms with Gasteiger partial charge in [-0.3, -0.25) is 0 Å². The van der Waals surface area contributed by atoms with Crippen molar-refractivity contribution >= 4 is 81.7 Å². The van der Waals surface area contributed by atoms with E-state index in [2.05, 4.69) is 114 Å². The molecule has 0 bridgehead atoms. The van der Waals surface area contributed by atoms with Gasteiger partial charge in [0.05, 0.1) is 10.8 Å². The fraction of sp³-hybridized carbons (Fsp3) is 0. The van der Waals surface area contributed by atoms with Crippen LogP contribution in [0, 0.1) is 0 Å². The van der Waals surface area contributed by atoms with Gasteiger partial charge in [0.15, 0.2) is 11.2 Å². The predicted molar refractivity (Wildman–Crippen MR) is 176 cm³/mol. The van der Waals surface area contributed by atoms with E-state index in [1.54, 1.807) is 0 Å². The fourth-order valence-corrected chi connectivity index (χ4v) is 7.15. The molecule has 42 heavy (non-hydrogen) atoms. The molecule has 0 aliphatic heterocycles. The van der Waals surface area contributed by atoms with Gasteiger partial charge in [0.25, 0.3) is 0 Å². The molecule has 0 aliphatic rings. The molecule has 3 nitrogen and oxygen atoms in total. The quantitative estimate of drug-likeness (QED) is 0.215. The van der Waals surface area contributed by atoms with E-state index in [-0.39, 0.29) is 0 Å². The van der Waals surface area contributed by atoms with Gasteiger partial charge in [0, 0.05) is 43.3 Å². The van der Waals surface area contributed by atoms with Crippen LogP contribution in [-0.4, -0.2) is 0 Å². The van der Waals surface area contributed by atoms with Gasteiger partial charge in [-0.15, -0.1) is 11.3 Å². The lowest BCUT2D eigenvalue weighted by atomic mass is 10.0. The SMILES string of the molecule is c1ccc(-c2ccc(N(c3ccc4c(c3)oc3c5ccccc5oc43)c3ccc4sc5ccccc5c4c3)cc2)cc1. The van der Waals surface area contributed by atoms with Crippen molar-refractivity contribution in [2.24, 2.45) is 0 Å². The van der Waals surface area contributed by atoms with Gasteiger partial charge in [-0.2, -0.15) is 0 Å². The van der Waals surface area contributed by atoms with Crippen LogP contribution < -0.4 is 4.90 Å². The molecule has 0 fully saturated rings. The lowest BCUT2D eigenvalue weighted by Gasteiger charge is -2.26. The molecule has 0 atom stereocenters. The zero-order valence-electron chi connectivity index (χ0n) is 22.5. The number of hydrogen-bond donors (Lipinski definition) is 0. The molecular formula is C38H23NO2S. The largest absolute Gasteiger partial charge is 0.452 e. The van der Waals surface area contributed by atoms with Crippen molar-refractivity contribution in [3.05, 3.63) is 140 Å². The summed E-state index contributed by atoms with van der Waals surface area (Å²) in [6.45, 7) is 0. The van der Waals surface area contributed by atoms with Gasteiger partial charge < -0.3 is 13.7 Å². The summed E-state index contributed by atoms with van der Waals surface area (Å²) < 4.78 is 15.2. The average Bonchev–Trinajstić information content (AvgIpc) is 3.71. The number of hydrogen-bond acceptors (Lipinski definition) is 4. The van der Waals surface area contributed by atoms with Crippen molar-refractivity contribution < 1.29 is 8.83 Å². The number of thiophene rings is 1. The van der Waals surface area contributed by atoms with Crippen LogP contribution in [0.15, 0.2) is 148 Å². The molecule has 0 amide bonds. The molecule has 6 aromatic carbocycles. The van der Waals surface area contributed by atoms with E-state index in [4.69, 9.17) is 8.83 Å². The first-order valence-corrected chi connectivity index (χ1v) is 14.8. The van der Waals surface area contributed by atoms with Gasteiger partial charge in [-0.25, -0.2) is 0 Å². The number of rotatable bonds is 4. The summed E-state index contributed by atoms with van der Waals surface area (Å²) in [5.41, 5.74) is 8.82. The number of furan rings is 2. The van der Waals surface area contributed by atoms with Crippen LogP contribution in [-0.2, 0) is 0 Å². The van der Waals surface area contributed by atoms with Gasteiger partial charge in [-0.1, -0.05) is 72.8 Å². The highest BCUT2D eigenvalue weighted by molar-refractivity contribution is 7.25. The topological polar surface area (TPSA) is 29.5 Å². The average molecular weight is 558 g/mol. The predicted octanol–water partition coefficient (Wildman–Crippen LogP) is 11.8. The Hall–Kier alpha value is -5.32. The third-order valence-corrected chi connectivity index (χ3v) is 9.23. The third kappa shape index (κ3) is 3.59. The molecule has 9 rings (SSSR count). The normalized spacial score (nSPS) is 11.8. The molecule has 3 heterocycles. The summed E-state index contributed by atoms with van der Waals surface area (Å²) in [4.78, 5) is 2.31. The van der Waals surface area contributed by atoms with Crippen LogP contribution in [0.25, 0.3) is 64.4 Å². The van der Waals surface area contributed by atoms with Crippen molar-refractivity contribution in [2.45, 2.75) is 0 Å². The van der Waals surface area contributed by atoms with E-state index < -0.39 is 0 Å². The van der Waals surface area contributed by atoms with Crippen molar-refractivity contribution in [3.8, 4) is 11.1 Å². The van der Waals surface area contributed by atoms with Gasteiger partial charge >= 0.3 is 0 Å². The fourth-order valence-electron chi connectivity index (χ4n) is 6.07. The number of anilines is 3. The summed E-state index contributed by atoms with van der Waals surface area (Å²) in [5.74, 6) is 0. The van der Waals surface area contributed by atoms with E-state index in [9.17, 15) is 0 Å². The van der Waals surface area contributed by atoms with Crippen molar-refractivity contribution in [2.75, 3.05) is 4.90 Å². The second kappa shape index (κ2) is 9.10. The molecule has 0 spiro atoms. The molecule has 198 valence electrons.